The van der Waals surface area contributed by atoms with Gasteiger partial charge in [-0.3, -0.25) is 4.79 Å². The lowest BCUT2D eigenvalue weighted by molar-refractivity contribution is -0.138. The summed E-state index contributed by atoms with van der Waals surface area (Å²) in [5.74, 6) is -0.898. The maximum absolute atomic E-state index is 12.3. The first kappa shape index (κ1) is 15.9. The molecule has 0 aromatic heterocycles. The molecule has 0 aliphatic carbocycles. The molecule has 1 aliphatic heterocycles. The van der Waals surface area contributed by atoms with Crippen LogP contribution in [0.2, 0.25) is 10.0 Å². The smallest absolute Gasteiger partial charge is 0.322 e. The van der Waals surface area contributed by atoms with Gasteiger partial charge in [-0.05, 0) is 37.5 Å². The molecule has 0 spiro atoms. The predicted octanol–water partition coefficient (Wildman–Crippen LogP) is 3.85. The van der Waals surface area contributed by atoms with Crippen LogP contribution in [-0.4, -0.2) is 34.6 Å². The van der Waals surface area contributed by atoms with Gasteiger partial charge in [-0.25, -0.2) is 4.79 Å². The standard InChI is InChI=1S/C14H16Cl2N2O3/c15-9-5-10(16)7-11(6-9)17-14(21)18-4-2-1-3-12(18)8-13(19)20/h5-7,12H,1-4,8H2,(H,17,21)(H,19,20). The number of piperidine rings is 1. The maximum Gasteiger partial charge on any atom is 0.322 e. The van der Waals surface area contributed by atoms with Crippen LogP contribution in [-0.2, 0) is 4.79 Å². The zero-order valence-electron chi connectivity index (χ0n) is 11.3. The largest absolute Gasteiger partial charge is 0.481 e. The lowest BCUT2D eigenvalue weighted by Gasteiger charge is -2.34. The van der Waals surface area contributed by atoms with Crippen LogP contribution in [0.5, 0.6) is 0 Å². The van der Waals surface area contributed by atoms with Crippen LogP contribution < -0.4 is 5.32 Å². The monoisotopic (exact) mass is 330 g/mol. The minimum atomic E-state index is -0.898. The van der Waals surface area contributed by atoms with Gasteiger partial charge in [0.2, 0.25) is 0 Å². The van der Waals surface area contributed by atoms with Gasteiger partial charge in [0.25, 0.3) is 0 Å². The van der Waals surface area contributed by atoms with Crippen molar-refractivity contribution in [3.05, 3.63) is 28.2 Å². The Hall–Kier alpha value is -1.46. The summed E-state index contributed by atoms with van der Waals surface area (Å²) in [5.41, 5.74) is 0.497. The second-order valence-electron chi connectivity index (χ2n) is 5.03. The molecule has 1 atom stereocenters. The van der Waals surface area contributed by atoms with Gasteiger partial charge in [-0.2, -0.15) is 0 Å². The van der Waals surface area contributed by atoms with E-state index < -0.39 is 5.97 Å². The fraction of sp³-hybridized carbons (Fsp3) is 0.429. The van der Waals surface area contributed by atoms with Crippen LogP contribution >= 0.6 is 23.2 Å². The fourth-order valence-corrected chi connectivity index (χ4v) is 3.03. The topological polar surface area (TPSA) is 69.6 Å². The van der Waals surface area contributed by atoms with Crippen LogP contribution in [0.25, 0.3) is 0 Å². The minimum absolute atomic E-state index is 0.0380. The number of anilines is 1. The van der Waals surface area contributed by atoms with E-state index in [2.05, 4.69) is 5.32 Å². The third-order valence-corrected chi connectivity index (χ3v) is 3.85. The average molecular weight is 331 g/mol. The summed E-state index contributed by atoms with van der Waals surface area (Å²) in [7, 11) is 0. The van der Waals surface area contributed by atoms with Crippen molar-refractivity contribution in [2.24, 2.45) is 0 Å². The summed E-state index contributed by atoms with van der Waals surface area (Å²) in [6, 6.07) is 4.18. The number of carboxylic acid groups (broad SMARTS) is 1. The summed E-state index contributed by atoms with van der Waals surface area (Å²) >= 11 is 11.8. The molecule has 1 fully saturated rings. The van der Waals surface area contributed by atoms with Crippen molar-refractivity contribution in [1.82, 2.24) is 4.90 Å². The van der Waals surface area contributed by atoms with Gasteiger partial charge in [-0.1, -0.05) is 23.2 Å². The van der Waals surface area contributed by atoms with E-state index in [1.54, 1.807) is 23.1 Å². The molecule has 0 bridgehead atoms. The van der Waals surface area contributed by atoms with Gasteiger partial charge in [0, 0.05) is 28.3 Å². The number of rotatable bonds is 3. The van der Waals surface area contributed by atoms with Crippen molar-refractivity contribution in [2.45, 2.75) is 31.7 Å². The van der Waals surface area contributed by atoms with Crippen molar-refractivity contribution >= 4 is 40.9 Å². The van der Waals surface area contributed by atoms with E-state index >= 15 is 0 Å². The quantitative estimate of drug-likeness (QED) is 0.884. The van der Waals surface area contributed by atoms with Crippen LogP contribution in [0.4, 0.5) is 10.5 Å². The molecule has 114 valence electrons. The first-order chi connectivity index (χ1) is 9.95. The Bertz CT molecular complexity index is 531. The Morgan fingerprint density at radius 1 is 1.24 bits per heavy atom. The molecule has 2 amide bonds. The molecule has 2 rings (SSSR count). The molecule has 1 aromatic carbocycles. The SMILES string of the molecule is O=C(O)CC1CCCCN1C(=O)Nc1cc(Cl)cc(Cl)c1. The molecule has 1 aromatic rings. The zero-order valence-corrected chi connectivity index (χ0v) is 12.8. The highest BCUT2D eigenvalue weighted by atomic mass is 35.5. The van der Waals surface area contributed by atoms with Crippen LogP contribution in [0.3, 0.4) is 0 Å². The van der Waals surface area contributed by atoms with E-state index in [1.807, 2.05) is 0 Å². The summed E-state index contributed by atoms with van der Waals surface area (Å²) in [4.78, 5) is 24.8. The number of urea groups is 1. The molecule has 0 saturated carbocycles. The van der Waals surface area contributed by atoms with Gasteiger partial charge >= 0.3 is 12.0 Å². The van der Waals surface area contributed by atoms with E-state index in [-0.39, 0.29) is 18.5 Å². The van der Waals surface area contributed by atoms with Crippen molar-refractivity contribution in [3.8, 4) is 0 Å². The molecule has 2 N–H and O–H groups in total. The number of halogens is 2. The van der Waals surface area contributed by atoms with Crippen LogP contribution in [0.15, 0.2) is 18.2 Å². The molecule has 1 heterocycles. The number of carboxylic acids is 1. The number of aliphatic carboxylic acids is 1. The second-order valence-corrected chi connectivity index (χ2v) is 5.90. The van der Waals surface area contributed by atoms with Crippen molar-refractivity contribution in [2.75, 3.05) is 11.9 Å². The molecular weight excluding hydrogens is 315 g/mol. The van der Waals surface area contributed by atoms with Gasteiger partial charge < -0.3 is 15.3 Å². The van der Waals surface area contributed by atoms with E-state index in [9.17, 15) is 9.59 Å². The third-order valence-electron chi connectivity index (χ3n) is 3.41. The Balaban J connectivity index is 2.08. The van der Waals surface area contributed by atoms with Gasteiger partial charge in [0.1, 0.15) is 0 Å². The Labute approximate surface area is 132 Å². The number of nitrogens with one attached hydrogen (secondary N) is 1. The number of amides is 2. The van der Waals surface area contributed by atoms with Crippen LogP contribution in [0, 0.1) is 0 Å². The summed E-state index contributed by atoms with van der Waals surface area (Å²) in [6.07, 6.45) is 2.48. The molecule has 0 radical (unpaired) electrons. The molecule has 7 heteroatoms. The van der Waals surface area contributed by atoms with Gasteiger partial charge in [-0.15, -0.1) is 0 Å². The number of carbonyl (C=O) groups excluding carboxylic acids is 1. The highest BCUT2D eigenvalue weighted by Crippen LogP contribution is 2.24. The number of hydrogen-bond acceptors (Lipinski definition) is 2. The minimum Gasteiger partial charge on any atom is -0.481 e. The molecule has 1 aliphatic rings. The fourth-order valence-electron chi connectivity index (χ4n) is 2.50. The highest BCUT2D eigenvalue weighted by Gasteiger charge is 2.28. The van der Waals surface area contributed by atoms with E-state index in [0.29, 0.717) is 28.7 Å². The molecule has 5 nitrogen and oxygen atoms in total. The van der Waals surface area contributed by atoms with E-state index in [4.69, 9.17) is 28.3 Å². The molecule has 21 heavy (non-hydrogen) atoms. The van der Waals surface area contributed by atoms with E-state index in [1.165, 1.54) is 0 Å². The average Bonchev–Trinajstić information content (AvgIpc) is 2.37. The second kappa shape index (κ2) is 7.00. The first-order valence-corrected chi connectivity index (χ1v) is 7.47. The molecule has 1 saturated heterocycles. The van der Waals surface area contributed by atoms with E-state index in [0.717, 1.165) is 12.8 Å². The van der Waals surface area contributed by atoms with Gasteiger partial charge in [0.15, 0.2) is 0 Å². The number of carbonyl (C=O) groups is 2. The lowest BCUT2D eigenvalue weighted by atomic mass is 10.00. The number of benzene rings is 1. The number of nitrogens with zero attached hydrogens (tertiary/aromatic N) is 1. The zero-order chi connectivity index (χ0) is 15.4. The summed E-state index contributed by atoms with van der Waals surface area (Å²) in [6.45, 7) is 0.554. The normalized spacial score (nSPS) is 18.4. The Morgan fingerprint density at radius 2 is 1.90 bits per heavy atom. The molecular formula is C14H16Cl2N2O3. The molecule has 1 unspecified atom stereocenters. The van der Waals surface area contributed by atoms with Crippen molar-refractivity contribution < 1.29 is 14.7 Å². The lowest BCUT2D eigenvalue weighted by Crippen LogP contribution is -2.46. The number of hydrogen-bond donors (Lipinski definition) is 2. The van der Waals surface area contributed by atoms with Crippen LogP contribution in [0.1, 0.15) is 25.7 Å². The first-order valence-electron chi connectivity index (χ1n) is 6.71. The maximum atomic E-state index is 12.3. The van der Waals surface area contributed by atoms with Crippen molar-refractivity contribution in [1.29, 1.82) is 0 Å². The Morgan fingerprint density at radius 3 is 2.52 bits per heavy atom. The van der Waals surface area contributed by atoms with Crippen molar-refractivity contribution in [3.63, 3.8) is 0 Å². The Kier molecular flexibility index (Phi) is 5.31. The van der Waals surface area contributed by atoms with Gasteiger partial charge in [0.05, 0.1) is 6.42 Å². The summed E-state index contributed by atoms with van der Waals surface area (Å²) < 4.78 is 0. The predicted molar refractivity (Wildman–Crippen MR) is 82.1 cm³/mol. The third kappa shape index (κ3) is 4.51. The summed E-state index contributed by atoms with van der Waals surface area (Å²) in [5, 5.41) is 12.5. The number of likely N-dealkylation sites (tertiary alicyclic amines) is 1. The highest BCUT2D eigenvalue weighted by molar-refractivity contribution is 6.35.